The van der Waals surface area contributed by atoms with Gasteiger partial charge in [-0.15, -0.1) is 0 Å². The lowest BCUT2D eigenvalue weighted by Gasteiger charge is -2.45. The number of benzene rings is 2. The standard InChI is InChI=1S/C46H55ClN6O5/c47-37-19-20-39-36(29-37)18-17-35-14-8-21-49-43(35)44(39)51-26-27-53(46(56)58-38-15-6-7-16-38)40(31-51)45(55)52(30-34-12-2-1-3-13-34)24-9-23-50-25-22-48-41(50)32-57-42(54)28-33-10-4-5-11-33/h1-3,8,12-14,19-22,25,29,33,38,40,44H,4-7,9-11,15-18,23-24,26-28,30-32H2/t40-,44-/m1/s1. The molecular formula is C46H55ClN6O5. The zero-order valence-electron chi connectivity index (χ0n) is 33.4. The summed E-state index contributed by atoms with van der Waals surface area (Å²) in [7, 11) is 0. The van der Waals surface area contributed by atoms with Crippen molar-refractivity contribution in [1.29, 1.82) is 0 Å². The van der Waals surface area contributed by atoms with E-state index in [1.165, 1.54) is 24.0 Å². The van der Waals surface area contributed by atoms with Crippen molar-refractivity contribution >= 4 is 29.6 Å². The van der Waals surface area contributed by atoms with Crippen LogP contribution < -0.4 is 0 Å². The Labute approximate surface area is 346 Å². The van der Waals surface area contributed by atoms with Crippen LogP contribution in [0.25, 0.3) is 0 Å². The fourth-order valence-electron chi connectivity index (χ4n) is 9.49. The molecule has 58 heavy (non-hydrogen) atoms. The zero-order valence-corrected chi connectivity index (χ0v) is 34.1. The highest BCUT2D eigenvalue weighted by molar-refractivity contribution is 6.30. The smallest absolute Gasteiger partial charge is 0.410 e. The van der Waals surface area contributed by atoms with Gasteiger partial charge in [-0.25, -0.2) is 9.78 Å². The summed E-state index contributed by atoms with van der Waals surface area (Å²) in [4.78, 5) is 57.2. The van der Waals surface area contributed by atoms with E-state index >= 15 is 4.79 Å². The molecule has 0 radical (unpaired) electrons. The van der Waals surface area contributed by atoms with Gasteiger partial charge in [-0.05, 0) is 104 Å². The minimum absolute atomic E-state index is 0.116. The number of imidazole rings is 1. The first-order valence-electron chi connectivity index (χ1n) is 21.3. The fraction of sp³-hybridized carbons (Fsp3) is 0.500. The van der Waals surface area contributed by atoms with Crippen molar-refractivity contribution in [3.63, 3.8) is 0 Å². The first kappa shape index (κ1) is 40.1. The average molecular weight is 807 g/mol. The van der Waals surface area contributed by atoms with Crippen LogP contribution in [-0.2, 0) is 51.6 Å². The van der Waals surface area contributed by atoms with E-state index in [9.17, 15) is 9.59 Å². The molecular weight excluding hydrogens is 752 g/mol. The maximum atomic E-state index is 15.2. The van der Waals surface area contributed by atoms with Gasteiger partial charge in [0.2, 0.25) is 5.91 Å². The Bertz CT molecular complexity index is 2030. The first-order chi connectivity index (χ1) is 28.4. The monoisotopic (exact) mass is 806 g/mol. The number of pyridine rings is 1. The van der Waals surface area contributed by atoms with Gasteiger partial charge in [-0.3, -0.25) is 24.4 Å². The highest BCUT2D eigenvalue weighted by Gasteiger charge is 2.43. The van der Waals surface area contributed by atoms with Crippen molar-refractivity contribution in [2.75, 3.05) is 26.2 Å². The number of halogens is 1. The summed E-state index contributed by atoms with van der Waals surface area (Å²) in [6, 6.07) is 19.3. The van der Waals surface area contributed by atoms with Gasteiger partial charge in [0.1, 0.15) is 24.6 Å². The van der Waals surface area contributed by atoms with Crippen molar-refractivity contribution in [1.82, 2.24) is 29.2 Å². The van der Waals surface area contributed by atoms with E-state index < -0.39 is 12.1 Å². The van der Waals surface area contributed by atoms with E-state index in [0.717, 1.165) is 68.2 Å². The second-order valence-electron chi connectivity index (χ2n) is 16.4. The van der Waals surface area contributed by atoms with Crippen LogP contribution in [0.4, 0.5) is 4.79 Å². The number of carbonyl (C=O) groups excluding carboxylic acids is 3. The largest absolute Gasteiger partial charge is 0.457 e. The summed E-state index contributed by atoms with van der Waals surface area (Å²) in [5.41, 5.74) is 5.48. The minimum Gasteiger partial charge on any atom is -0.457 e. The van der Waals surface area contributed by atoms with E-state index in [-0.39, 0.29) is 30.6 Å². The van der Waals surface area contributed by atoms with Gasteiger partial charge < -0.3 is 18.9 Å². The molecule has 2 atom stereocenters. The molecule has 2 aromatic heterocycles. The molecule has 2 amide bonds. The SMILES string of the molecule is O=C(CC1CCCC1)OCc1nccn1CCCN(Cc1ccccc1)C(=O)[C@H]1CN([C@@H]2c3ccc(Cl)cc3CCc3cccnc32)CCN1C(=O)OC1CCCC1. The van der Waals surface area contributed by atoms with Crippen molar-refractivity contribution in [2.45, 2.75) is 115 Å². The number of aryl methyl sites for hydroxylation is 3. The number of hydrogen-bond donors (Lipinski definition) is 0. The Morgan fingerprint density at radius 1 is 0.862 bits per heavy atom. The van der Waals surface area contributed by atoms with Gasteiger partial charge in [0.05, 0.1) is 11.7 Å². The van der Waals surface area contributed by atoms with Gasteiger partial charge in [0.15, 0.2) is 0 Å². The van der Waals surface area contributed by atoms with Crippen LogP contribution in [0.2, 0.25) is 5.02 Å². The quantitative estimate of drug-likeness (QED) is 0.125. The van der Waals surface area contributed by atoms with E-state index in [4.69, 9.17) is 26.1 Å². The summed E-state index contributed by atoms with van der Waals surface area (Å²) in [5.74, 6) is 0.818. The maximum Gasteiger partial charge on any atom is 0.410 e. The van der Waals surface area contributed by atoms with Crippen LogP contribution in [-0.4, -0.2) is 85.5 Å². The van der Waals surface area contributed by atoms with Gasteiger partial charge in [-0.2, -0.15) is 0 Å². The molecule has 12 heteroatoms. The molecule has 0 spiro atoms. The number of rotatable bonds is 13. The van der Waals surface area contributed by atoms with Crippen LogP contribution >= 0.6 is 11.6 Å². The number of piperazine rings is 1. The van der Waals surface area contributed by atoms with Crippen LogP contribution in [0, 0.1) is 5.92 Å². The molecule has 4 aromatic rings. The predicted molar refractivity (Wildman–Crippen MR) is 221 cm³/mol. The van der Waals surface area contributed by atoms with Gasteiger partial charge in [0, 0.05) is 69.3 Å². The normalized spacial score (nSPS) is 20.0. The summed E-state index contributed by atoms with van der Waals surface area (Å²) in [6.07, 6.45) is 16.0. The van der Waals surface area contributed by atoms with Crippen molar-refractivity contribution in [2.24, 2.45) is 5.92 Å². The van der Waals surface area contributed by atoms with E-state index in [2.05, 4.69) is 28.1 Å². The number of aromatic nitrogens is 3. The molecule has 3 aliphatic carbocycles. The molecule has 2 saturated carbocycles. The Balaban J connectivity index is 1.04. The summed E-state index contributed by atoms with van der Waals surface area (Å²) in [6.45, 7) is 2.78. The number of amides is 2. The lowest BCUT2D eigenvalue weighted by Crippen LogP contribution is -2.62. The second-order valence-corrected chi connectivity index (χ2v) is 16.9. The molecule has 8 rings (SSSR count). The van der Waals surface area contributed by atoms with E-state index in [0.29, 0.717) is 68.9 Å². The van der Waals surface area contributed by atoms with Crippen LogP contribution in [0.1, 0.15) is 104 Å². The third-order valence-electron chi connectivity index (χ3n) is 12.6. The summed E-state index contributed by atoms with van der Waals surface area (Å²) >= 11 is 6.54. The molecule has 11 nitrogen and oxygen atoms in total. The first-order valence-corrected chi connectivity index (χ1v) is 21.7. The van der Waals surface area contributed by atoms with Crippen molar-refractivity contribution in [3.8, 4) is 0 Å². The number of hydrogen-bond acceptors (Lipinski definition) is 8. The molecule has 3 fully saturated rings. The average Bonchev–Trinajstić information content (AvgIpc) is 4.03. The Morgan fingerprint density at radius 3 is 2.48 bits per heavy atom. The van der Waals surface area contributed by atoms with Crippen LogP contribution in [0.5, 0.6) is 0 Å². The molecule has 0 N–H and O–H groups in total. The second kappa shape index (κ2) is 18.9. The fourth-order valence-corrected chi connectivity index (χ4v) is 9.68. The molecule has 3 heterocycles. The molecule has 0 bridgehead atoms. The zero-order chi connectivity index (χ0) is 39.8. The molecule has 4 aliphatic rings. The lowest BCUT2D eigenvalue weighted by atomic mass is 9.95. The minimum atomic E-state index is -0.777. The third-order valence-corrected chi connectivity index (χ3v) is 12.8. The topological polar surface area (TPSA) is 110 Å². The lowest BCUT2D eigenvalue weighted by molar-refractivity contribution is -0.146. The number of carbonyl (C=O) groups is 3. The molecule has 306 valence electrons. The van der Waals surface area contributed by atoms with Gasteiger partial charge >= 0.3 is 12.1 Å². The van der Waals surface area contributed by atoms with Crippen LogP contribution in [0.15, 0.2) is 79.3 Å². The third kappa shape index (κ3) is 9.58. The summed E-state index contributed by atoms with van der Waals surface area (Å²) in [5, 5.41) is 0.698. The summed E-state index contributed by atoms with van der Waals surface area (Å²) < 4.78 is 13.8. The number of nitrogens with zero attached hydrogens (tertiary/aromatic N) is 6. The molecule has 0 unspecified atom stereocenters. The van der Waals surface area contributed by atoms with Crippen molar-refractivity contribution in [3.05, 3.63) is 118 Å². The highest BCUT2D eigenvalue weighted by Crippen LogP contribution is 2.38. The van der Waals surface area contributed by atoms with Crippen molar-refractivity contribution < 1.29 is 23.9 Å². The number of esters is 1. The van der Waals surface area contributed by atoms with Gasteiger partial charge in [-0.1, -0.05) is 66.9 Å². The van der Waals surface area contributed by atoms with E-state index in [1.807, 2.05) is 64.3 Å². The molecule has 1 aliphatic heterocycles. The Hall–Kier alpha value is -4.74. The molecule has 1 saturated heterocycles. The number of fused-ring (bicyclic) bond motifs is 2. The maximum absolute atomic E-state index is 15.2. The predicted octanol–water partition coefficient (Wildman–Crippen LogP) is 7.93. The van der Waals surface area contributed by atoms with Gasteiger partial charge in [0.25, 0.3) is 0 Å². The van der Waals surface area contributed by atoms with E-state index in [1.54, 1.807) is 11.1 Å². The Morgan fingerprint density at radius 2 is 1.66 bits per heavy atom. The highest BCUT2D eigenvalue weighted by atomic mass is 35.5. The molecule has 2 aromatic carbocycles. The van der Waals surface area contributed by atoms with Crippen LogP contribution in [0.3, 0.4) is 0 Å². The number of ether oxygens (including phenoxy) is 2. The Kier molecular flexibility index (Phi) is 13.0.